The van der Waals surface area contributed by atoms with Crippen molar-refractivity contribution in [3.8, 4) is 5.75 Å². The van der Waals surface area contributed by atoms with Crippen molar-refractivity contribution >= 4 is 0 Å². The summed E-state index contributed by atoms with van der Waals surface area (Å²) in [6, 6.07) is 6.72. The van der Waals surface area contributed by atoms with Crippen molar-refractivity contribution in [2.75, 3.05) is 13.7 Å². The molecule has 7 nitrogen and oxygen atoms in total. The van der Waals surface area contributed by atoms with Crippen molar-refractivity contribution in [1.82, 2.24) is 0 Å². The van der Waals surface area contributed by atoms with Gasteiger partial charge in [-0.2, -0.15) is 0 Å². The number of hydrogen-bond acceptors (Lipinski definition) is 7. The van der Waals surface area contributed by atoms with Crippen LogP contribution in [0.5, 0.6) is 5.75 Å². The van der Waals surface area contributed by atoms with Crippen molar-refractivity contribution in [2.45, 2.75) is 36.6 Å². The summed E-state index contributed by atoms with van der Waals surface area (Å²) in [5, 5.41) is 48.9. The highest BCUT2D eigenvalue weighted by molar-refractivity contribution is 5.28. The van der Waals surface area contributed by atoms with E-state index in [1.165, 1.54) is 7.11 Å². The third kappa shape index (κ3) is 3.18. The van der Waals surface area contributed by atoms with E-state index in [1.54, 1.807) is 24.3 Å². The number of aliphatic hydroxyl groups excluding tert-OH is 4. The van der Waals surface area contributed by atoms with Gasteiger partial charge in [0.15, 0.2) is 5.79 Å². The molecule has 1 aliphatic heterocycles. The lowest BCUT2D eigenvalue weighted by atomic mass is 9.89. The normalized spacial score (nSPS) is 36.5. The Morgan fingerprint density at radius 2 is 1.76 bits per heavy atom. The smallest absolute Gasteiger partial charge is 0.199 e. The van der Waals surface area contributed by atoms with Gasteiger partial charge in [-0.15, -0.1) is 0 Å². The summed E-state index contributed by atoms with van der Waals surface area (Å²) in [7, 11) is 1.53. The maximum absolute atomic E-state index is 10.4. The molecule has 118 valence electrons. The highest BCUT2D eigenvalue weighted by atomic mass is 16.7. The molecule has 0 amide bonds. The molecule has 0 aliphatic carbocycles. The van der Waals surface area contributed by atoms with Gasteiger partial charge in [0.05, 0.1) is 13.7 Å². The van der Waals surface area contributed by atoms with E-state index in [4.69, 9.17) is 14.6 Å². The minimum Gasteiger partial charge on any atom is -0.497 e. The molecule has 0 bridgehead atoms. The number of rotatable bonds is 4. The Labute approximate surface area is 122 Å². The van der Waals surface area contributed by atoms with E-state index in [0.29, 0.717) is 11.3 Å². The second-order valence-electron chi connectivity index (χ2n) is 5.13. The number of methoxy groups -OCH3 is 1. The number of benzene rings is 1. The summed E-state index contributed by atoms with van der Waals surface area (Å²) in [5.41, 5.74) is 0.637. The van der Waals surface area contributed by atoms with E-state index in [0.717, 1.165) is 0 Å². The van der Waals surface area contributed by atoms with Crippen LogP contribution in [0.1, 0.15) is 5.56 Å². The fourth-order valence-corrected chi connectivity index (χ4v) is 2.40. The summed E-state index contributed by atoms with van der Waals surface area (Å²) in [6.07, 6.45) is -6.07. The first kappa shape index (κ1) is 16.2. The van der Waals surface area contributed by atoms with E-state index in [1.807, 2.05) is 0 Å². The minimum atomic E-state index is -2.10. The summed E-state index contributed by atoms with van der Waals surface area (Å²) in [4.78, 5) is 0. The van der Waals surface area contributed by atoms with Crippen LogP contribution >= 0.6 is 0 Å². The van der Waals surface area contributed by atoms with Crippen molar-refractivity contribution in [3.63, 3.8) is 0 Å². The van der Waals surface area contributed by atoms with Crippen LogP contribution < -0.4 is 4.74 Å². The molecule has 2 rings (SSSR count). The Balaban J connectivity index is 2.18. The topological polar surface area (TPSA) is 120 Å². The molecule has 1 saturated heterocycles. The molecule has 5 N–H and O–H groups in total. The molecule has 1 heterocycles. The van der Waals surface area contributed by atoms with Gasteiger partial charge in [-0.05, 0) is 17.7 Å². The van der Waals surface area contributed by atoms with Crippen molar-refractivity contribution in [1.29, 1.82) is 0 Å². The molecule has 7 heteroatoms. The zero-order chi connectivity index (χ0) is 15.6. The molecular weight excluding hydrogens is 280 g/mol. The standard InChI is InChI=1S/C14H20O7/c1-20-9-4-2-8(3-5-9)6-14(19)13(18)12(17)11(16)10(7-15)21-14/h2-5,10-13,15-19H,6-7H2,1H3/t10-,11-,12+,13+,14?/m1/s1. The number of aliphatic hydroxyl groups is 5. The first-order valence-electron chi connectivity index (χ1n) is 6.59. The Hall–Kier alpha value is -1.22. The fraction of sp³-hybridized carbons (Fsp3) is 0.571. The first-order chi connectivity index (χ1) is 9.91. The number of ether oxygens (including phenoxy) is 2. The molecule has 0 aromatic heterocycles. The summed E-state index contributed by atoms with van der Waals surface area (Å²) < 4.78 is 10.2. The summed E-state index contributed by atoms with van der Waals surface area (Å²) in [5.74, 6) is -1.46. The average molecular weight is 300 g/mol. The average Bonchev–Trinajstić information content (AvgIpc) is 2.50. The van der Waals surface area contributed by atoms with Crippen molar-refractivity contribution in [2.24, 2.45) is 0 Å². The van der Waals surface area contributed by atoms with Gasteiger partial charge in [-0.1, -0.05) is 12.1 Å². The summed E-state index contributed by atoms with van der Waals surface area (Å²) in [6.45, 7) is -0.587. The molecule has 1 aromatic rings. The van der Waals surface area contributed by atoms with Gasteiger partial charge in [0.1, 0.15) is 30.2 Å². The van der Waals surface area contributed by atoms with Gasteiger partial charge in [-0.3, -0.25) is 0 Å². The first-order valence-corrected chi connectivity index (χ1v) is 6.59. The van der Waals surface area contributed by atoms with E-state index in [-0.39, 0.29) is 6.42 Å². The van der Waals surface area contributed by atoms with Crippen molar-refractivity contribution < 1.29 is 35.0 Å². The van der Waals surface area contributed by atoms with Gasteiger partial charge in [-0.25, -0.2) is 0 Å². The molecule has 1 unspecified atom stereocenters. The summed E-state index contributed by atoms with van der Waals surface area (Å²) >= 11 is 0. The highest BCUT2D eigenvalue weighted by Crippen LogP contribution is 2.31. The van der Waals surface area contributed by atoms with Gasteiger partial charge < -0.3 is 35.0 Å². The maximum atomic E-state index is 10.4. The second-order valence-corrected chi connectivity index (χ2v) is 5.13. The maximum Gasteiger partial charge on any atom is 0.199 e. The lowest BCUT2D eigenvalue weighted by Crippen LogP contribution is -2.65. The highest BCUT2D eigenvalue weighted by Gasteiger charge is 2.52. The van der Waals surface area contributed by atoms with E-state index in [9.17, 15) is 20.4 Å². The Morgan fingerprint density at radius 1 is 1.14 bits per heavy atom. The zero-order valence-electron chi connectivity index (χ0n) is 11.6. The SMILES string of the molecule is COc1ccc(CC2(O)O[C@H](CO)[C@@H](O)[C@H](O)[C@@H]2O)cc1. The van der Waals surface area contributed by atoms with E-state index in [2.05, 4.69) is 0 Å². The zero-order valence-corrected chi connectivity index (χ0v) is 11.6. The molecule has 0 saturated carbocycles. The molecule has 5 atom stereocenters. The van der Waals surface area contributed by atoms with E-state index < -0.39 is 36.8 Å². The third-order valence-corrected chi connectivity index (χ3v) is 3.67. The third-order valence-electron chi connectivity index (χ3n) is 3.67. The molecule has 1 aliphatic rings. The monoisotopic (exact) mass is 300 g/mol. The molecule has 0 spiro atoms. The van der Waals surface area contributed by atoms with E-state index >= 15 is 0 Å². The van der Waals surface area contributed by atoms with Gasteiger partial charge in [0.2, 0.25) is 0 Å². The number of hydrogen-bond donors (Lipinski definition) is 5. The van der Waals surface area contributed by atoms with Crippen LogP contribution in [0.4, 0.5) is 0 Å². The van der Waals surface area contributed by atoms with Gasteiger partial charge >= 0.3 is 0 Å². The lowest BCUT2D eigenvalue weighted by Gasteiger charge is -2.45. The van der Waals surface area contributed by atoms with Crippen LogP contribution in [0.2, 0.25) is 0 Å². The van der Waals surface area contributed by atoms with Gasteiger partial charge in [0, 0.05) is 6.42 Å². The molecule has 1 aromatic carbocycles. The molecule has 1 fully saturated rings. The Bertz CT molecular complexity index is 461. The minimum absolute atomic E-state index is 0.113. The van der Waals surface area contributed by atoms with Crippen LogP contribution in [0.15, 0.2) is 24.3 Å². The predicted octanol–water partition coefficient (Wildman–Crippen LogP) is -1.60. The molecule has 0 radical (unpaired) electrons. The fourth-order valence-electron chi connectivity index (χ4n) is 2.40. The molecular formula is C14H20O7. The lowest BCUT2D eigenvalue weighted by molar-refractivity contribution is -0.348. The Kier molecular flexibility index (Phi) is 4.82. The quantitative estimate of drug-likeness (QED) is 0.454. The van der Waals surface area contributed by atoms with Crippen LogP contribution in [-0.4, -0.2) is 69.5 Å². The van der Waals surface area contributed by atoms with Crippen LogP contribution in [0.3, 0.4) is 0 Å². The second kappa shape index (κ2) is 6.27. The van der Waals surface area contributed by atoms with Crippen LogP contribution in [0, 0.1) is 0 Å². The van der Waals surface area contributed by atoms with Crippen LogP contribution in [0.25, 0.3) is 0 Å². The largest absolute Gasteiger partial charge is 0.497 e. The predicted molar refractivity (Wildman–Crippen MR) is 71.6 cm³/mol. The van der Waals surface area contributed by atoms with Gasteiger partial charge in [0.25, 0.3) is 0 Å². The van der Waals surface area contributed by atoms with Crippen molar-refractivity contribution in [3.05, 3.63) is 29.8 Å². The molecule has 21 heavy (non-hydrogen) atoms. The Morgan fingerprint density at radius 3 is 2.29 bits per heavy atom. The van der Waals surface area contributed by atoms with Crippen LogP contribution in [-0.2, 0) is 11.2 Å².